The predicted octanol–water partition coefficient (Wildman–Crippen LogP) is 0.0591. The zero-order valence-electron chi connectivity index (χ0n) is 9.84. The van der Waals surface area contributed by atoms with Crippen molar-refractivity contribution in [1.29, 1.82) is 0 Å². The molecule has 0 saturated carbocycles. The average Bonchev–Trinajstić information content (AvgIpc) is 2.63. The molecule has 16 heavy (non-hydrogen) atoms. The van der Waals surface area contributed by atoms with Gasteiger partial charge in [0.1, 0.15) is 6.54 Å². The van der Waals surface area contributed by atoms with Crippen LogP contribution in [0.25, 0.3) is 6.08 Å². The van der Waals surface area contributed by atoms with Crippen molar-refractivity contribution in [1.82, 2.24) is 9.97 Å². The largest absolute Gasteiger partial charge is 0.379 e. The summed E-state index contributed by atoms with van der Waals surface area (Å²) in [6.07, 6.45) is 5.16. The number of aliphatic hydroxyl groups is 1. The van der Waals surface area contributed by atoms with Gasteiger partial charge < -0.3 is 14.6 Å². The minimum atomic E-state index is -0.959. The van der Waals surface area contributed by atoms with Crippen molar-refractivity contribution in [3.05, 3.63) is 24.3 Å². The molecular formula is C11H18N3O2+. The summed E-state index contributed by atoms with van der Waals surface area (Å²) < 4.78 is 0.546. The average molecular weight is 224 g/mol. The number of imidazole rings is 1. The van der Waals surface area contributed by atoms with Crippen molar-refractivity contribution in [2.45, 2.75) is 6.10 Å². The van der Waals surface area contributed by atoms with E-state index >= 15 is 0 Å². The lowest BCUT2D eigenvalue weighted by molar-refractivity contribution is -0.872. The summed E-state index contributed by atoms with van der Waals surface area (Å²) in [5.41, 5.74) is 0.741. The number of aromatic amines is 1. The molecule has 1 rings (SSSR count). The topological polar surface area (TPSA) is 66.0 Å². The Labute approximate surface area is 95.0 Å². The standard InChI is InChI=1S/C11H17N3O2/c1-14(2,3)7-11(16)10(15)5-4-9-6-12-8-13-9/h4-6,8,11,16H,7H2,1-3H3/p+1. The Balaban J connectivity index is 2.52. The highest BCUT2D eigenvalue weighted by Crippen LogP contribution is 2.00. The summed E-state index contributed by atoms with van der Waals surface area (Å²) in [6, 6.07) is 0. The highest BCUT2D eigenvalue weighted by atomic mass is 16.3. The highest BCUT2D eigenvalue weighted by molar-refractivity contribution is 5.96. The van der Waals surface area contributed by atoms with Gasteiger partial charge in [0.2, 0.25) is 0 Å². The molecule has 0 aromatic carbocycles. The van der Waals surface area contributed by atoms with Crippen LogP contribution in [0, 0.1) is 0 Å². The van der Waals surface area contributed by atoms with Crippen LogP contribution in [0.15, 0.2) is 18.6 Å². The van der Waals surface area contributed by atoms with Crippen LogP contribution in [-0.2, 0) is 4.79 Å². The van der Waals surface area contributed by atoms with Crippen molar-refractivity contribution in [3.8, 4) is 0 Å². The molecule has 0 aliphatic carbocycles. The molecular weight excluding hydrogens is 206 g/mol. The fourth-order valence-corrected chi connectivity index (χ4v) is 1.25. The van der Waals surface area contributed by atoms with Gasteiger partial charge in [0.05, 0.1) is 39.4 Å². The first kappa shape index (κ1) is 12.6. The Bertz CT molecular complexity index is 363. The normalized spacial score (nSPS) is 14.2. The maximum atomic E-state index is 11.5. The lowest BCUT2D eigenvalue weighted by Gasteiger charge is -2.25. The van der Waals surface area contributed by atoms with Crippen LogP contribution in [-0.4, -0.2) is 59.1 Å². The van der Waals surface area contributed by atoms with Crippen LogP contribution < -0.4 is 0 Å². The Morgan fingerprint density at radius 1 is 1.62 bits per heavy atom. The van der Waals surface area contributed by atoms with Crippen LogP contribution >= 0.6 is 0 Å². The molecule has 1 heterocycles. The molecule has 0 saturated heterocycles. The van der Waals surface area contributed by atoms with Crippen LogP contribution in [0.4, 0.5) is 0 Å². The fourth-order valence-electron chi connectivity index (χ4n) is 1.25. The van der Waals surface area contributed by atoms with E-state index in [-0.39, 0.29) is 5.78 Å². The van der Waals surface area contributed by atoms with Gasteiger partial charge in [0.15, 0.2) is 11.9 Å². The SMILES string of the molecule is C[N+](C)(C)CC(O)C(=O)/C=C/c1cnc[nH]1. The van der Waals surface area contributed by atoms with E-state index < -0.39 is 6.10 Å². The number of hydrogen-bond acceptors (Lipinski definition) is 3. The number of H-pyrrole nitrogens is 1. The number of rotatable bonds is 5. The third kappa shape index (κ3) is 4.37. The number of nitrogens with one attached hydrogen (secondary N) is 1. The van der Waals surface area contributed by atoms with Crippen molar-refractivity contribution in [2.24, 2.45) is 0 Å². The molecule has 0 aliphatic rings. The molecule has 0 fully saturated rings. The molecule has 1 aromatic heterocycles. The van der Waals surface area contributed by atoms with Crippen LogP contribution in [0.1, 0.15) is 5.69 Å². The number of aromatic nitrogens is 2. The van der Waals surface area contributed by atoms with Gasteiger partial charge in [-0.3, -0.25) is 4.79 Å². The zero-order valence-corrected chi connectivity index (χ0v) is 9.84. The molecule has 0 amide bonds. The minimum Gasteiger partial charge on any atom is -0.379 e. The maximum Gasteiger partial charge on any atom is 0.189 e. The van der Waals surface area contributed by atoms with E-state index in [9.17, 15) is 9.90 Å². The number of ketones is 1. The molecule has 0 spiro atoms. The zero-order chi connectivity index (χ0) is 12.2. The van der Waals surface area contributed by atoms with Crippen molar-refractivity contribution < 1.29 is 14.4 Å². The summed E-state index contributed by atoms with van der Waals surface area (Å²) in [7, 11) is 5.78. The summed E-state index contributed by atoms with van der Waals surface area (Å²) in [5, 5.41) is 9.64. The molecule has 5 nitrogen and oxygen atoms in total. The molecule has 88 valence electrons. The monoisotopic (exact) mass is 224 g/mol. The van der Waals surface area contributed by atoms with Gasteiger partial charge in [-0.25, -0.2) is 4.98 Å². The van der Waals surface area contributed by atoms with Gasteiger partial charge in [-0.05, 0) is 12.2 Å². The number of aliphatic hydroxyl groups excluding tert-OH is 1. The fraction of sp³-hybridized carbons (Fsp3) is 0.455. The Kier molecular flexibility index (Phi) is 3.98. The lowest BCUT2D eigenvalue weighted by Crippen LogP contribution is -2.43. The molecule has 5 heteroatoms. The molecule has 0 bridgehead atoms. The number of carbonyl (C=O) groups excluding carboxylic acids is 1. The minimum absolute atomic E-state index is 0.289. The van der Waals surface area contributed by atoms with Crippen molar-refractivity contribution in [2.75, 3.05) is 27.7 Å². The summed E-state index contributed by atoms with van der Waals surface area (Å²) in [4.78, 5) is 18.2. The Morgan fingerprint density at radius 2 is 2.31 bits per heavy atom. The first-order valence-corrected chi connectivity index (χ1v) is 5.07. The van der Waals surface area contributed by atoms with Gasteiger partial charge in [0, 0.05) is 0 Å². The molecule has 0 aliphatic heterocycles. The Hall–Kier alpha value is -1.46. The molecule has 1 aromatic rings. The number of likely N-dealkylation sites (N-methyl/N-ethyl adjacent to an activating group) is 1. The van der Waals surface area contributed by atoms with Crippen LogP contribution in [0.2, 0.25) is 0 Å². The number of hydrogen-bond donors (Lipinski definition) is 2. The third-order valence-corrected chi connectivity index (χ3v) is 2.00. The van der Waals surface area contributed by atoms with E-state index in [1.807, 2.05) is 21.1 Å². The maximum absolute atomic E-state index is 11.5. The second kappa shape index (κ2) is 5.05. The van der Waals surface area contributed by atoms with Crippen LogP contribution in [0.5, 0.6) is 0 Å². The number of quaternary nitrogens is 1. The van der Waals surface area contributed by atoms with E-state index in [0.717, 1.165) is 5.69 Å². The molecule has 2 N–H and O–H groups in total. The quantitative estimate of drug-likeness (QED) is 0.549. The summed E-state index contributed by atoms with van der Waals surface area (Å²) in [5.74, 6) is -0.289. The van der Waals surface area contributed by atoms with Gasteiger partial charge in [0.25, 0.3) is 0 Å². The highest BCUT2D eigenvalue weighted by Gasteiger charge is 2.20. The first-order valence-electron chi connectivity index (χ1n) is 5.07. The third-order valence-electron chi connectivity index (χ3n) is 2.00. The van der Waals surface area contributed by atoms with E-state index in [0.29, 0.717) is 11.0 Å². The summed E-state index contributed by atoms with van der Waals surface area (Å²) in [6.45, 7) is 0.395. The molecule has 1 unspecified atom stereocenters. The van der Waals surface area contributed by atoms with Crippen molar-refractivity contribution >= 4 is 11.9 Å². The second-order valence-corrected chi connectivity index (χ2v) is 4.73. The lowest BCUT2D eigenvalue weighted by atomic mass is 10.2. The van der Waals surface area contributed by atoms with Gasteiger partial charge in [-0.15, -0.1) is 0 Å². The van der Waals surface area contributed by atoms with Crippen molar-refractivity contribution in [3.63, 3.8) is 0 Å². The van der Waals surface area contributed by atoms with E-state index in [4.69, 9.17) is 0 Å². The molecule has 0 radical (unpaired) electrons. The first-order chi connectivity index (χ1) is 7.38. The second-order valence-electron chi connectivity index (χ2n) is 4.73. The molecule has 1 atom stereocenters. The Morgan fingerprint density at radius 3 is 2.81 bits per heavy atom. The van der Waals surface area contributed by atoms with E-state index in [1.165, 1.54) is 12.4 Å². The van der Waals surface area contributed by atoms with E-state index in [2.05, 4.69) is 9.97 Å². The number of nitrogens with zero attached hydrogens (tertiary/aromatic N) is 2. The van der Waals surface area contributed by atoms with E-state index in [1.54, 1.807) is 12.3 Å². The van der Waals surface area contributed by atoms with Gasteiger partial charge in [-0.2, -0.15) is 0 Å². The number of carbonyl (C=O) groups is 1. The smallest absolute Gasteiger partial charge is 0.189 e. The van der Waals surface area contributed by atoms with Gasteiger partial charge >= 0.3 is 0 Å². The van der Waals surface area contributed by atoms with Gasteiger partial charge in [-0.1, -0.05) is 0 Å². The predicted molar refractivity (Wildman–Crippen MR) is 61.5 cm³/mol. The van der Waals surface area contributed by atoms with Crippen LogP contribution in [0.3, 0.4) is 0 Å². The summed E-state index contributed by atoms with van der Waals surface area (Å²) >= 11 is 0.